The predicted molar refractivity (Wildman–Crippen MR) is 93.0 cm³/mol. The fourth-order valence-corrected chi connectivity index (χ4v) is 3.63. The molecule has 0 atom stereocenters. The van der Waals surface area contributed by atoms with Crippen LogP contribution in [-0.4, -0.2) is 46.5 Å². The van der Waals surface area contributed by atoms with Crippen LogP contribution in [-0.2, 0) is 4.79 Å². The van der Waals surface area contributed by atoms with Crippen molar-refractivity contribution in [1.29, 1.82) is 0 Å². The monoisotopic (exact) mass is 328 g/mol. The van der Waals surface area contributed by atoms with Gasteiger partial charge < -0.3 is 15.2 Å². The second kappa shape index (κ2) is 6.43. The summed E-state index contributed by atoms with van der Waals surface area (Å²) in [7, 11) is 0. The Labute approximate surface area is 140 Å². The molecule has 1 aromatic heterocycles. The second-order valence-electron chi connectivity index (χ2n) is 7.00. The number of aromatic amines is 1. The van der Waals surface area contributed by atoms with E-state index >= 15 is 0 Å². The third-order valence-corrected chi connectivity index (χ3v) is 5.21. The number of H-pyrrole nitrogens is 1. The smallest absolute Gasteiger partial charge is 0.326 e. The first-order valence-electron chi connectivity index (χ1n) is 8.90. The van der Waals surface area contributed by atoms with Crippen LogP contribution in [0.2, 0.25) is 0 Å². The molecule has 1 saturated carbocycles. The Kier molecular flexibility index (Phi) is 4.14. The number of hydrogen-bond acceptors (Lipinski definition) is 3. The van der Waals surface area contributed by atoms with Crippen molar-refractivity contribution < 1.29 is 4.79 Å². The number of fused-ring (bicyclic) bond motifs is 1. The number of nitrogens with zero attached hydrogens (tertiary/aromatic N) is 2. The van der Waals surface area contributed by atoms with Crippen molar-refractivity contribution in [3.05, 3.63) is 34.7 Å². The van der Waals surface area contributed by atoms with Crippen molar-refractivity contribution in [3.63, 3.8) is 0 Å². The molecule has 1 amide bonds. The highest BCUT2D eigenvalue weighted by Crippen LogP contribution is 2.27. The topological polar surface area (TPSA) is 70.1 Å². The zero-order chi connectivity index (χ0) is 16.5. The summed E-state index contributed by atoms with van der Waals surface area (Å²) in [5.41, 5.74) is 1.79. The largest absolute Gasteiger partial charge is 0.341 e. The van der Waals surface area contributed by atoms with Gasteiger partial charge in [0.1, 0.15) is 0 Å². The van der Waals surface area contributed by atoms with Crippen LogP contribution < -0.4 is 11.0 Å². The number of piperidine rings is 1. The molecule has 1 saturated heterocycles. The van der Waals surface area contributed by atoms with Gasteiger partial charge in [0, 0.05) is 19.1 Å². The third-order valence-electron chi connectivity index (χ3n) is 5.21. The number of hydrogen-bond donors (Lipinski definition) is 2. The van der Waals surface area contributed by atoms with Gasteiger partial charge in [0.15, 0.2) is 0 Å². The normalized spacial score (nSPS) is 19.1. The van der Waals surface area contributed by atoms with Crippen LogP contribution in [0.15, 0.2) is 29.1 Å². The third kappa shape index (κ3) is 3.11. The number of imidazole rings is 1. The summed E-state index contributed by atoms with van der Waals surface area (Å²) in [6, 6.07) is 7.95. The highest BCUT2D eigenvalue weighted by Gasteiger charge is 2.26. The maximum Gasteiger partial charge on any atom is 0.326 e. The Balaban J connectivity index is 1.37. The van der Waals surface area contributed by atoms with Crippen molar-refractivity contribution >= 4 is 16.9 Å². The molecule has 0 radical (unpaired) electrons. The summed E-state index contributed by atoms with van der Waals surface area (Å²) in [6.07, 6.45) is 4.25. The van der Waals surface area contributed by atoms with E-state index in [4.69, 9.17) is 0 Å². The van der Waals surface area contributed by atoms with Crippen molar-refractivity contribution in [2.45, 2.75) is 31.7 Å². The fourth-order valence-electron chi connectivity index (χ4n) is 3.63. The Bertz CT molecular complexity index is 782. The molecule has 4 rings (SSSR count). The molecule has 0 unspecified atom stereocenters. The van der Waals surface area contributed by atoms with Gasteiger partial charge in [-0.05, 0) is 50.3 Å². The molecule has 2 aromatic rings. The van der Waals surface area contributed by atoms with Crippen molar-refractivity contribution in [2.75, 3.05) is 26.2 Å². The Morgan fingerprint density at radius 2 is 1.92 bits per heavy atom. The van der Waals surface area contributed by atoms with E-state index in [0.717, 1.165) is 49.4 Å². The van der Waals surface area contributed by atoms with Crippen LogP contribution in [0.3, 0.4) is 0 Å². The van der Waals surface area contributed by atoms with Crippen LogP contribution in [0.1, 0.15) is 31.7 Å². The van der Waals surface area contributed by atoms with Gasteiger partial charge in [0.25, 0.3) is 0 Å². The SMILES string of the molecule is O=C(CNCC1CC1)N1CCC(n2c(=O)[nH]c3ccccc32)CC1. The minimum absolute atomic E-state index is 0.0490. The summed E-state index contributed by atoms with van der Waals surface area (Å²) in [5, 5.41) is 3.27. The zero-order valence-corrected chi connectivity index (χ0v) is 13.8. The molecule has 2 N–H and O–H groups in total. The molecule has 6 nitrogen and oxygen atoms in total. The molecule has 24 heavy (non-hydrogen) atoms. The number of nitrogens with one attached hydrogen (secondary N) is 2. The number of carbonyl (C=O) groups excluding carboxylic acids is 1. The lowest BCUT2D eigenvalue weighted by atomic mass is 10.0. The molecule has 2 heterocycles. The first-order chi connectivity index (χ1) is 11.7. The molecule has 0 spiro atoms. The van der Waals surface area contributed by atoms with Gasteiger partial charge in [-0.25, -0.2) is 4.79 Å². The zero-order valence-electron chi connectivity index (χ0n) is 13.8. The lowest BCUT2D eigenvalue weighted by Crippen LogP contribution is -2.44. The molecule has 2 aliphatic rings. The van der Waals surface area contributed by atoms with Crippen molar-refractivity contribution in [2.24, 2.45) is 5.92 Å². The summed E-state index contributed by atoms with van der Waals surface area (Å²) >= 11 is 0. The number of aromatic nitrogens is 2. The van der Waals surface area contributed by atoms with Gasteiger partial charge in [-0.2, -0.15) is 0 Å². The van der Waals surface area contributed by atoms with E-state index in [9.17, 15) is 9.59 Å². The van der Waals surface area contributed by atoms with Crippen LogP contribution in [0.25, 0.3) is 11.0 Å². The van der Waals surface area contributed by atoms with Crippen LogP contribution in [0.5, 0.6) is 0 Å². The van der Waals surface area contributed by atoms with Gasteiger partial charge in [0.2, 0.25) is 5.91 Å². The summed E-state index contributed by atoms with van der Waals surface area (Å²) in [5.74, 6) is 0.970. The van der Waals surface area contributed by atoms with Crippen LogP contribution in [0, 0.1) is 5.92 Å². The minimum Gasteiger partial charge on any atom is -0.341 e. The quantitative estimate of drug-likeness (QED) is 0.874. The molecule has 128 valence electrons. The van der Waals surface area contributed by atoms with Gasteiger partial charge in [-0.1, -0.05) is 12.1 Å². The number of amides is 1. The van der Waals surface area contributed by atoms with Crippen LogP contribution in [0.4, 0.5) is 0 Å². The average molecular weight is 328 g/mol. The summed E-state index contributed by atoms with van der Waals surface area (Å²) in [4.78, 5) is 29.4. The molecule has 2 fully saturated rings. The summed E-state index contributed by atoms with van der Waals surface area (Å²) in [6.45, 7) is 2.85. The highest BCUT2D eigenvalue weighted by atomic mass is 16.2. The molecular weight excluding hydrogens is 304 g/mol. The van der Waals surface area contributed by atoms with E-state index < -0.39 is 0 Å². The van der Waals surface area contributed by atoms with E-state index in [1.165, 1.54) is 12.8 Å². The van der Waals surface area contributed by atoms with Crippen molar-refractivity contribution in [3.8, 4) is 0 Å². The lowest BCUT2D eigenvalue weighted by Gasteiger charge is -2.32. The van der Waals surface area contributed by atoms with Gasteiger partial charge in [-0.3, -0.25) is 9.36 Å². The Hall–Kier alpha value is -2.08. The molecule has 1 aromatic carbocycles. The molecular formula is C18H24N4O2. The standard InChI is InChI=1S/C18H24N4O2/c23-17(12-19-11-13-5-6-13)21-9-7-14(8-10-21)22-16-4-2-1-3-15(16)20-18(22)24/h1-4,13-14,19H,5-12H2,(H,20,24). The number of benzene rings is 1. The van der Waals surface area contributed by atoms with E-state index in [1.807, 2.05) is 33.7 Å². The van der Waals surface area contributed by atoms with E-state index in [1.54, 1.807) is 0 Å². The predicted octanol–water partition coefficient (Wildman–Crippen LogP) is 1.49. The molecule has 1 aliphatic carbocycles. The molecule has 0 bridgehead atoms. The Morgan fingerprint density at radius 1 is 1.17 bits per heavy atom. The summed E-state index contributed by atoms with van der Waals surface area (Å²) < 4.78 is 1.86. The number of para-hydroxylation sites is 2. The lowest BCUT2D eigenvalue weighted by molar-refractivity contribution is -0.131. The number of likely N-dealkylation sites (tertiary alicyclic amines) is 1. The first kappa shape index (κ1) is 15.4. The van der Waals surface area contributed by atoms with Crippen molar-refractivity contribution in [1.82, 2.24) is 19.8 Å². The van der Waals surface area contributed by atoms with Gasteiger partial charge >= 0.3 is 5.69 Å². The highest BCUT2D eigenvalue weighted by molar-refractivity contribution is 5.78. The second-order valence-corrected chi connectivity index (χ2v) is 7.00. The number of carbonyl (C=O) groups is 1. The Morgan fingerprint density at radius 3 is 2.67 bits per heavy atom. The minimum atomic E-state index is -0.0490. The van der Waals surface area contributed by atoms with E-state index in [0.29, 0.717) is 6.54 Å². The van der Waals surface area contributed by atoms with E-state index in [-0.39, 0.29) is 17.6 Å². The van der Waals surface area contributed by atoms with Gasteiger partial charge in [0.05, 0.1) is 17.6 Å². The molecule has 1 aliphatic heterocycles. The maximum atomic E-state index is 12.3. The fraction of sp³-hybridized carbons (Fsp3) is 0.556. The maximum absolute atomic E-state index is 12.3. The van der Waals surface area contributed by atoms with Gasteiger partial charge in [-0.15, -0.1) is 0 Å². The van der Waals surface area contributed by atoms with Crippen LogP contribution >= 0.6 is 0 Å². The molecule has 6 heteroatoms. The average Bonchev–Trinajstić information content (AvgIpc) is 3.35. The number of rotatable bonds is 5. The van der Waals surface area contributed by atoms with E-state index in [2.05, 4.69) is 10.3 Å². The first-order valence-corrected chi connectivity index (χ1v) is 8.90.